The second kappa shape index (κ2) is 8.97. The van der Waals surface area contributed by atoms with Crippen LogP contribution in [-0.2, 0) is 4.79 Å². The van der Waals surface area contributed by atoms with Crippen LogP contribution in [0.5, 0.6) is 0 Å². The topological polar surface area (TPSA) is 49.4 Å². The van der Waals surface area contributed by atoms with Gasteiger partial charge in [-0.2, -0.15) is 0 Å². The van der Waals surface area contributed by atoms with Crippen molar-refractivity contribution >= 4 is 29.0 Å². The molecular formula is C21H23ClN2O2. The number of hydrogen-bond acceptors (Lipinski definition) is 3. The molecule has 0 aromatic heterocycles. The van der Waals surface area contributed by atoms with Gasteiger partial charge in [0.15, 0.2) is 5.78 Å². The van der Waals surface area contributed by atoms with Gasteiger partial charge >= 0.3 is 0 Å². The zero-order valence-electron chi connectivity index (χ0n) is 14.7. The standard InChI is InChI=1S/C21H23ClN2O2/c22-18-7-4-8-19(15-18)23-20(25)11-14-24-12-9-17(10-13-24)21(26)16-5-2-1-3-6-16/h1-8,15,17H,9-14H2,(H,23,25). The van der Waals surface area contributed by atoms with Crippen molar-refractivity contribution in [1.82, 2.24) is 4.90 Å². The Labute approximate surface area is 159 Å². The van der Waals surface area contributed by atoms with Crippen molar-refractivity contribution in [3.63, 3.8) is 0 Å². The van der Waals surface area contributed by atoms with E-state index in [1.165, 1.54) is 0 Å². The van der Waals surface area contributed by atoms with Crippen LogP contribution in [0.2, 0.25) is 5.02 Å². The Morgan fingerprint density at radius 3 is 2.46 bits per heavy atom. The van der Waals surface area contributed by atoms with Crippen molar-refractivity contribution < 1.29 is 9.59 Å². The molecular weight excluding hydrogens is 348 g/mol. The van der Waals surface area contributed by atoms with Crippen LogP contribution >= 0.6 is 11.6 Å². The number of hydrogen-bond donors (Lipinski definition) is 1. The van der Waals surface area contributed by atoms with Crippen molar-refractivity contribution in [3.05, 3.63) is 65.2 Å². The summed E-state index contributed by atoms with van der Waals surface area (Å²) in [6.07, 6.45) is 2.14. The molecule has 1 amide bonds. The first kappa shape index (κ1) is 18.6. The average molecular weight is 371 g/mol. The first-order chi connectivity index (χ1) is 12.6. The van der Waals surface area contributed by atoms with Crippen molar-refractivity contribution in [2.75, 3.05) is 25.0 Å². The fourth-order valence-corrected chi connectivity index (χ4v) is 3.50. The summed E-state index contributed by atoms with van der Waals surface area (Å²) in [5.74, 6) is 0.313. The maximum atomic E-state index is 12.5. The van der Waals surface area contributed by atoms with Gasteiger partial charge in [-0.25, -0.2) is 0 Å². The number of rotatable bonds is 6. The Balaban J connectivity index is 1.41. The fourth-order valence-electron chi connectivity index (χ4n) is 3.31. The van der Waals surface area contributed by atoms with Gasteiger partial charge in [-0.3, -0.25) is 9.59 Å². The highest BCUT2D eigenvalue weighted by atomic mass is 35.5. The van der Waals surface area contributed by atoms with E-state index < -0.39 is 0 Å². The number of anilines is 1. The number of carbonyl (C=O) groups excluding carboxylic acids is 2. The minimum atomic E-state index is -0.0187. The van der Waals surface area contributed by atoms with Crippen LogP contribution in [0.25, 0.3) is 0 Å². The monoisotopic (exact) mass is 370 g/mol. The van der Waals surface area contributed by atoms with Crippen LogP contribution in [0, 0.1) is 5.92 Å². The molecule has 1 heterocycles. The highest BCUT2D eigenvalue weighted by Gasteiger charge is 2.25. The maximum Gasteiger partial charge on any atom is 0.225 e. The number of ketones is 1. The fraction of sp³-hybridized carbons (Fsp3) is 0.333. The first-order valence-electron chi connectivity index (χ1n) is 8.99. The minimum absolute atomic E-state index is 0.0187. The predicted octanol–water partition coefficient (Wildman–Crippen LogP) is 4.26. The Kier molecular flexibility index (Phi) is 6.42. The van der Waals surface area contributed by atoms with E-state index in [1.807, 2.05) is 42.5 Å². The summed E-state index contributed by atoms with van der Waals surface area (Å²) >= 11 is 5.92. The van der Waals surface area contributed by atoms with Crippen LogP contribution in [0.1, 0.15) is 29.6 Å². The second-order valence-corrected chi connectivity index (χ2v) is 7.09. The summed E-state index contributed by atoms with van der Waals surface area (Å²) in [7, 11) is 0. The Bertz CT molecular complexity index is 756. The second-order valence-electron chi connectivity index (χ2n) is 6.65. The third-order valence-corrected chi connectivity index (χ3v) is 5.02. The predicted molar refractivity (Wildman–Crippen MR) is 105 cm³/mol. The highest BCUT2D eigenvalue weighted by Crippen LogP contribution is 2.22. The summed E-state index contributed by atoms with van der Waals surface area (Å²) in [4.78, 5) is 26.9. The van der Waals surface area contributed by atoms with Crippen molar-refractivity contribution in [2.24, 2.45) is 5.92 Å². The van der Waals surface area contributed by atoms with E-state index in [1.54, 1.807) is 12.1 Å². The van der Waals surface area contributed by atoms with Gasteiger partial charge in [-0.15, -0.1) is 0 Å². The van der Waals surface area contributed by atoms with Crippen LogP contribution in [0.4, 0.5) is 5.69 Å². The lowest BCUT2D eigenvalue weighted by Gasteiger charge is -2.31. The molecule has 2 aromatic rings. The molecule has 0 bridgehead atoms. The number of carbonyl (C=O) groups is 2. The molecule has 2 aromatic carbocycles. The van der Waals surface area contributed by atoms with Crippen molar-refractivity contribution in [1.29, 1.82) is 0 Å². The largest absolute Gasteiger partial charge is 0.326 e. The lowest BCUT2D eigenvalue weighted by atomic mass is 9.89. The number of piperidine rings is 1. The van der Waals surface area contributed by atoms with E-state index in [0.717, 1.165) is 37.2 Å². The lowest BCUT2D eigenvalue weighted by molar-refractivity contribution is -0.116. The Morgan fingerprint density at radius 1 is 1.04 bits per heavy atom. The molecule has 0 atom stereocenters. The number of halogens is 1. The van der Waals surface area contributed by atoms with Gasteiger partial charge in [-0.05, 0) is 44.1 Å². The average Bonchev–Trinajstić information content (AvgIpc) is 2.67. The summed E-state index contributed by atoms with van der Waals surface area (Å²) in [5.41, 5.74) is 1.52. The quantitative estimate of drug-likeness (QED) is 0.773. The zero-order valence-corrected chi connectivity index (χ0v) is 15.4. The smallest absolute Gasteiger partial charge is 0.225 e. The van der Waals surface area contributed by atoms with Gasteiger partial charge in [0.2, 0.25) is 5.91 Å². The van der Waals surface area contributed by atoms with E-state index in [0.29, 0.717) is 18.0 Å². The Morgan fingerprint density at radius 2 is 1.77 bits per heavy atom. The molecule has 0 saturated carbocycles. The summed E-state index contributed by atoms with van der Waals surface area (Å²) in [5, 5.41) is 3.47. The van der Waals surface area contributed by atoms with Crippen LogP contribution in [-0.4, -0.2) is 36.2 Å². The number of Topliss-reactive ketones (excluding diaryl/α,β-unsaturated/α-hetero) is 1. The van der Waals surface area contributed by atoms with Gasteiger partial charge in [0.1, 0.15) is 0 Å². The van der Waals surface area contributed by atoms with Crippen LogP contribution in [0.3, 0.4) is 0 Å². The number of likely N-dealkylation sites (tertiary alicyclic amines) is 1. The molecule has 3 rings (SSSR count). The lowest BCUT2D eigenvalue weighted by Crippen LogP contribution is -2.38. The molecule has 1 saturated heterocycles. The van der Waals surface area contributed by atoms with Crippen molar-refractivity contribution in [3.8, 4) is 0 Å². The third kappa shape index (κ3) is 5.16. The molecule has 1 N–H and O–H groups in total. The molecule has 1 aliphatic rings. The molecule has 5 heteroatoms. The third-order valence-electron chi connectivity index (χ3n) is 4.78. The first-order valence-corrected chi connectivity index (χ1v) is 9.36. The normalized spacial score (nSPS) is 15.6. The summed E-state index contributed by atoms with van der Waals surface area (Å²) < 4.78 is 0. The van der Waals surface area contributed by atoms with Gasteiger partial charge in [0.25, 0.3) is 0 Å². The molecule has 0 aliphatic carbocycles. The number of amides is 1. The molecule has 4 nitrogen and oxygen atoms in total. The van der Waals surface area contributed by atoms with E-state index >= 15 is 0 Å². The number of benzene rings is 2. The minimum Gasteiger partial charge on any atom is -0.326 e. The number of nitrogens with one attached hydrogen (secondary N) is 1. The SMILES string of the molecule is O=C(CCN1CCC(C(=O)c2ccccc2)CC1)Nc1cccc(Cl)c1. The van der Waals surface area contributed by atoms with E-state index in [4.69, 9.17) is 11.6 Å². The van der Waals surface area contributed by atoms with Gasteiger partial charge in [0, 0.05) is 35.2 Å². The van der Waals surface area contributed by atoms with E-state index in [-0.39, 0.29) is 17.6 Å². The number of nitrogens with zero attached hydrogens (tertiary/aromatic N) is 1. The van der Waals surface area contributed by atoms with Gasteiger partial charge in [-0.1, -0.05) is 48.0 Å². The van der Waals surface area contributed by atoms with Gasteiger partial charge < -0.3 is 10.2 Å². The highest BCUT2D eigenvalue weighted by molar-refractivity contribution is 6.30. The molecule has 136 valence electrons. The van der Waals surface area contributed by atoms with Crippen molar-refractivity contribution in [2.45, 2.75) is 19.3 Å². The molecule has 1 aliphatic heterocycles. The molecule has 0 radical (unpaired) electrons. The molecule has 0 spiro atoms. The molecule has 0 unspecified atom stereocenters. The summed E-state index contributed by atoms with van der Waals surface area (Å²) in [6.45, 7) is 2.42. The Hall–Kier alpha value is -2.17. The van der Waals surface area contributed by atoms with Crippen LogP contribution in [0.15, 0.2) is 54.6 Å². The summed E-state index contributed by atoms with van der Waals surface area (Å²) in [6, 6.07) is 16.6. The van der Waals surface area contributed by atoms with E-state index in [2.05, 4.69) is 10.2 Å². The molecule has 1 fully saturated rings. The van der Waals surface area contributed by atoms with Gasteiger partial charge in [0.05, 0.1) is 0 Å². The zero-order chi connectivity index (χ0) is 18.4. The van der Waals surface area contributed by atoms with E-state index in [9.17, 15) is 9.59 Å². The maximum absolute atomic E-state index is 12.5. The molecule has 26 heavy (non-hydrogen) atoms. The van der Waals surface area contributed by atoms with Crippen LogP contribution < -0.4 is 5.32 Å².